The Labute approximate surface area is 134 Å². The lowest BCUT2D eigenvalue weighted by molar-refractivity contribution is 0.0636. The van der Waals surface area contributed by atoms with Crippen LogP contribution in [0.4, 0.5) is 10.5 Å². The van der Waals surface area contributed by atoms with E-state index in [4.69, 9.17) is 10.1 Å². The van der Waals surface area contributed by atoms with Gasteiger partial charge in [0.1, 0.15) is 11.3 Å². The number of para-hydroxylation sites is 1. The number of ether oxygens (including phenoxy) is 1. The zero-order valence-electron chi connectivity index (χ0n) is 14.0. The summed E-state index contributed by atoms with van der Waals surface area (Å²) in [4.78, 5) is 11.9. The highest BCUT2D eigenvalue weighted by molar-refractivity contribution is 8.36. The van der Waals surface area contributed by atoms with Crippen LogP contribution in [0, 0.1) is 16.6 Å². The Hall–Kier alpha value is -1.93. The number of benzene rings is 1. The standard InChI is InChI=1S/C17H24N2O2S/c1-17(2,3)21-16(20)19-15-10-8-7-9-13(15)14(18)11-12-22(4,5)6/h7-10,18H,1-6H3,(H,19,20). The van der Waals surface area contributed by atoms with Gasteiger partial charge in [0.05, 0.1) is 5.69 Å². The molecule has 0 aliphatic carbocycles. The largest absolute Gasteiger partial charge is 0.444 e. The van der Waals surface area contributed by atoms with Gasteiger partial charge in [-0.05, 0) is 56.8 Å². The Kier molecular flexibility index (Phi) is 5.67. The van der Waals surface area contributed by atoms with Crippen molar-refractivity contribution in [2.45, 2.75) is 26.4 Å². The van der Waals surface area contributed by atoms with E-state index in [1.54, 1.807) is 39.0 Å². The van der Waals surface area contributed by atoms with Gasteiger partial charge in [-0.2, -0.15) is 10.0 Å². The monoisotopic (exact) mass is 320 g/mol. The first-order chi connectivity index (χ1) is 9.98. The van der Waals surface area contributed by atoms with Crippen LogP contribution < -0.4 is 5.32 Å². The van der Waals surface area contributed by atoms with E-state index in [2.05, 4.69) is 35.3 Å². The van der Waals surface area contributed by atoms with Gasteiger partial charge in [-0.25, -0.2) is 4.79 Å². The summed E-state index contributed by atoms with van der Waals surface area (Å²) < 4.78 is 5.24. The molecule has 0 aliphatic heterocycles. The SMILES string of the molecule is CC(C)(C)OC(=O)Nc1ccccc1C(=N)C#CS(C)(C)C. The normalized spacial score (nSPS) is 11.9. The fraction of sp³-hybridized carbons (Fsp3) is 0.412. The number of hydrogen-bond donors (Lipinski definition) is 2. The van der Waals surface area contributed by atoms with E-state index in [1.807, 2.05) is 6.07 Å². The lowest BCUT2D eigenvalue weighted by atomic mass is 10.1. The van der Waals surface area contributed by atoms with E-state index in [9.17, 15) is 4.79 Å². The van der Waals surface area contributed by atoms with Crippen molar-refractivity contribution >= 4 is 27.5 Å². The molecule has 0 fully saturated rings. The molecule has 22 heavy (non-hydrogen) atoms. The molecule has 0 bridgehead atoms. The van der Waals surface area contributed by atoms with E-state index in [0.717, 1.165) is 0 Å². The molecule has 1 rings (SSSR count). The van der Waals surface area contributed by atoms with Crippen LogP contribution in [0.5, 0.6) is 0 Å². The van der Waals surface area contributed by atoms with Crippen LogP contribution in [0.2, 0.25) is 0 Å². The van der Waals surface area contributed by atoms with E-state index in [0.29, 0.717) is 11.3 Å². The summed E-state index contributed by atoms with van der Waals surface area (Å²) >= 11 is 0. The number of carbonyl (C=O) groups is 1. The Bertz CT molecular complexity index is 629. The average Bonchev–Trinajstić information content (AvgIpc) is 2.33. The van der Waals surface area contributed by atoms with Crippen molar-refractivity contribution in [2.24, 2.45) is 0 Å². The quantitative estimate of drug-likeness (QED) is 0.637. The number of rotatable bonds is 2. The van der Waals surface area contributed by atoms with E-state index < -0.39 is 21.7 Å². The predicted octanol–water partition coefficient (Wildman–Crippen LogP) is 4.06. The molecule has 1 amide bonds. The highest BCUT2D eigenvalue weighted by Crippen LogP contribution is 2.32. The summed E-state index contributed by atoms with van der Waals surface area (Å²) in [6.07, 6.45) is 5.66. The second kappa shape index (κ2) is 6.89. The molecule has 0 saturated heterocycles. The molecule has 1 aromatic carbocycles. The summed E-state index contributed by atoms with van der Waals surface area (Å²) in [5.74, 6) is 2.88. The highest BCUT2D eigenvalue weighted by atomic mass is 32.3. The molecule has 0 radical (unpaired) electrons. The van der Waals surface area contributed by atoms with Gasteiger partial charge >= 0.3 is 6.09 Å². The van der Waals surface area contributed by atoms with E-state index >= 15 is 0 Å². The fourth-order valence-electron chi connectivity index (χ4n) is 1.50. The smallest absolute Gasteiger partial charge is 0.412 e. The summed E-state index contributed by atoms with van der Waals surface area (Å²) in [5, 5.41) is 13.9. The number of carbonyl (C=O) groups excluding carboxylic acids is 1. The van der Waals surface area contributed by atoms with Crippen LogP contribution in [0.15, 0.2) is 24.3 Å². The number of anilines is 1. The second-order valence-corrected chi connectivity index (χ2v) is 10.5. The lowest BCUT2D eigenvalue weighted by Gasteiger charge is -2.20. The van der Waals surface area contributed by atoms with Gasteiger partial charge in [0, 0.05) is 5.56 Å². The average molecular weight is 320 g/mol. The molecule has 1 aromatic rings. The minimum absolute atomic E-state index is 0.189. The second-order valence-electron chi connectivity index (χ2n) is 6.61. The van der Waals surface area contributed by atoms with Gasteiger partial charge in [0.15, 0.2) is 0 Å². The molecule has 0 atom stereocenters. The van der Waals surface area contributed by atoms with Crippen molar-refractivity contribution in [1.29, 1.82) is 5.41 Å². The molecular weight excluding hydrogens is 296 g/mol. The van der Waals surface area contributed by atoms with Crippen molar-refractivity contribution in [3.63, 3.8) is 0 Å². The van der Waals surface area contributed by atoms with Gasteiger partial charge in [-0.1, -0.05) is 18.2 Å². The van der Waals surface area contributed by atoms with Crippen molar-refractivity contribution < 1.29 is 9.53 Å². The van der Waals surface area contributed by atoms with Crippen LogP contribution in [0.25, 0.3) is 0 Å². The maximum Gasteiger partial charge on any atom is 0.412 e. The molecule has 5 heteroatoms. The van der Waals surface area contributed by atoms with Gasteiger partial charge in [-0.3, -0.25) is 10.7 Å². The third kappa shape index (κ3) is 6.68. The Morgan fingerprint density at radius 3 is 2.36 bits per heavy atom. The minimum Gasteiger partial charge on any atom is -0.444 e. The third-order valence-corrected chi connectivity index (χ3v) is 3.03. The summed E-state index contributed by atoms with van der Waals surface area (Å²) in [7, 11) is -1.00. The molecular formula is C17H24N2O2S. The van der Waals surface area contributed by atoms with Crippen LogP contribution >= 0.6 is 10.0 Å². The summed E-state index contributed by atoms with van der Waals surface area (Å²) in [6, 6.07) is 7.11. The molecule has 0 aliphatic rings. The van der Waals surface area contributed by atoms with Gasteiger partial charge in [0.2, 0.25) is 0 Å². The van der Waals surface area contributed by atoms with Crippen LogP contribution in [0.3, 0.4) is 0 Å². The lowest BCUT2D eigenvalue weighted by Crippen LogP contribution is -2.27. The minimum atomic E-state index is -1.00. The van der Waals surface area contributed by atoms with Gasteiger partial charge in [-0.15, -0.1) is 0 Å². The van der Waals surface area contributed by atoms with E-state index in [-0.39, 0.29) is 5.71 Å². The maximum absolute atomic E-state index is 11.9. The van der Waals surface area contributed by atoms with Crippen molar-refractivity contribution in [1.82, 2.24) is 0 Å². The molecule has 0 aromatic heterocycles. The van der Waals surface area contributed by atoms with E-state index in [1.165, 1.54) is 0 Å². The summed E-state index contributed by atoms with van der Waals surface area (Å²) in [5.41, 5.74) is 0.737. The molecule has 0 unspecified atom stereocenters. The van der Waals surface area contributed by atoms with Crippen LogP contribution in [-0.4, -0.2) is 36.2 Å². The molecule has 4 nitrogen and oxygen atoms in total. The first-order valence-electron chi connectivity index (χ1n) is 6.87. The molecule has 2 N–H and O–H groups in total. The highest BCUT2D eigenvalue weighted by Gasteiger charge is 2.17. The topological polar surface area (TPSA) is 62.2 Å². The first-order valence-corrected chi connectivity index (χ1v) is 9.73. The number of hydrogen-bond acceptors (Lipinski definition) is 3. The van der Waals surface area contributed by atoms with Crippen molar-refractivity contribution in [2.75, 3.05) is 24.1 Å². The molecule has 0 saturated carbocycles. The third-order valence-electron chi connectivity index (χ3n) is 2.31. The zero-order chi connectivity index (χ0) is 17.0. The molecule has 0 spiro atoms. The Balaban J connectivity index is 2.97. The number of amides is 1. The molecule has 120 valence electrons. The zero-order valence-corrected chi connectivity index (χ0v) is 14.9. The number of nitrogens with one attached hydrogen (secondary N) is 2. The van der Waals surface area contributed by atoms with Crippen molar-refractivity contribution in [3.8, 4) is 11.2 Å². The van der Waals surface area contributed by atoms with Crippen molar-refractivity contribution in [3.05, 3.63) is 29.8 Å². The van der Waals surface area contributed by atoms with Gasteiger partial charge < -0.3 is 4.74 Å². The predicted molar refractivity (Wildman–Crippen MR) is 96.3 cm³/mol. The van der Waals surface area contributed by atoms with Crippen LogP contribution in [-0.2, 0) is 4.74 Å². The maximum atomic E-state index is 11.9. The Morgan fingerprint density at radius 1 is 1.23 bits per heavy atom. The summed E-state index contributed by atoms with van der Waals surface area (Å²) in [6.45, 7) is 5.41. The van der Waals surface area contributed by atoms with Gasteiger partial charge in [0.25, 0.3) is 0 Å². The fourth-order valence-corrected chi connectivity index (χ4v) is 1.90. The Morgan fingerprint density at radius 2 is 1.82 bits per heavy atom. The van der Waals surface area contributed by atoms with Crippen LogP contribution in [0.1, 0.15) is 26.3 Å². The molecule has 0 heterocycles. The first kappa shape index (κ1) is 18.1.